The molecular formula is C20H19FN4O4. The lowest BCUT2D eigenvalue weighted by molar-refractivity contribution is 0.102. The van der Waals surface area contributed by atoms with E-state index in [2.05, 4.69) is 20.8 Å². The molecule has 2 aromatic carbocycles. The number of aromatic nitrogens is 2. The first-order valence-electron chi connectivity index (χ1n) is 8.51. The van der Waals surface area contributed by atoms with E-state index < -0.39 is 5.91 Å². The molecule has 29 heavy (non-hydrogen) atoms. The average molecular weight is 398 g/mol. The van der Waals surface area contributed by atoms with Crippen molar-refractivity contribution in [3.05, 3.63) is 60.0 Å². The Labute approximate surface area is 166 Å². The Morgan fingerprint density at radius 1 is 0.862 bits per heavy atom. The van der Waals surface area contributed by atoms with Crippen molar-refractivity contribution in [3.8, 4) is 17.2 Å². The fourth-order valence-electron chi connectivity index (χ4n) is 2.55. The van der Waals surface area contributed by atoms with Gasteiger partial charge in [0.2, 0.25) is 5.75 Å². The highest BCUT2D eigenvalue weighted by Crippen LogP contribution is 2.40. The highest BCUT2D eigenvalue weighted by atomic mass is 19.1. The minimum atomic E-state index is -0.455. The molecule has 0 aliphatic carbocycles. The Kier molecular flexibility index (Phi) is 6.08. The number of anilines is 3. The molecule has 3 rings (SSSR count). The molecule has 0 atom stereocenters. The smallest absolute Gasteiger partial charge is 0.276 e. The molecule has 0 spiro atoms. The summed E-state index contributed by atoms with van der Waals surface area (Å²) in [5, 5.41) is 13.6. The van der Waals surface area contributed by atoms with Gasteiger partial charge in [0.1, 0.15) is 5.82 Å². The zero-order valence-corrected chi connectivity index (χ0v) is 16.0. The molecule has 0 unspecified atom stereocenters. The van der Waals surface area contributed by atoms with Crippen LogP contribution in [0.15, 0.2) is 48.5 Å². The molecule has 0 bridgehead atoms. The van der Waals surface area contributed by atoms with E-state index in [4.69, 9.17) is 14.2 Å². The zero-order chi connectivity index (χ0) is 20.8. The topological polar surface area (TPSA) is 94.6 Å². The van der Waals surface area contributed by atoms with Crippen LogP contribution in [-0.2, 0) is 0 Å². The second kappa shape index (κ2) is 8.87. The van der Waals surface area contributed by atoms with Crippen molar-refractivity contribution in [1.82, 2.24) is 10.2 Å². The Morgan fingerprint density at radius 3 is 2.03 bits per heavy atom. The number of amides is 1. The van der Waals surface area contributed by atoms with Crippen LogP contribution < -0.4 is 24.8 Å². The fourth-order valence-corrected chi connectivity index (χ4v) is 2.55. The van der Waals surface area contributed by atoms with Crippen LogP contribution in [0.3, 0.4) is 0 Å². The van der Waals surface area contributed by atoms with Crippen LogP contribution in [0.5, 0.6) is 17.2 Å². The number of benzene rings is 2. The molecule has 0 saturated carbocycles. The van der Waals surface area contributed by atoms with Gasteiger partial charge in [-0.3, -0.25) is 4.79 Å². The summed E-state index contributed by atoms with van der Waals surface area (Å²) in [4.78, 5) is 12.2. The summed E-state index contributed by atoms with van der Waals surface area (Å²) in [5.74, 6) is 1.01. The molecule has 9 heteroatoms. The van der Waals surface area contributed by atoms with Crippen molar-refractivity contribution in [1.29, 1.82) is 0 Å². The molecule has 150 valence electrons. The summed E-state index contributed by atoms with van der Waals surface area (Å²) in [6.45, 7) is 0. The first-order chi connectivity index (χ1) is 14.0. The maximum absolute atomic E-state index is 12.9. The van der Waals surface area contributed by atoms with Crippen molar-refractivity contribution in [3.63, 3.8) is 0 Å². The van der Waals surface area contributed by atoms with Gasteiger partial charge in [0.15, 0.2) is 23.0 Å². The lowest BCUT2D eigenvalue weighted by Crippen LogP contribution is -2.14. The van der Waals surface area contributed by atoms with Crippen LogP contribution in [0.4, 0.5) is 21.6 Å². The van der Waals surface area contributed by atoms with Gasteiger partial charge in [0.05, 0.1) is 21.3 Å². The number of nitrogens with zero attached hydrogens (tertiary/aromatic N) is 2. The Balaban J connectivity index is 1.73. The van der Waals surface area contributed by atoms with Crippen molar-refractivity contribution in [2.75, 3.05) is 32.0 Å². The first kappa shape index (κ1) is 19.9. The SMILES string of the molecule is COc1cc(Nc2ccc(C(=O)Nc3ccc(F)cc3)nn2)cc(OC)c1OC. The summed E-state index contributed by atoms with van der Waals surface area (Å²) < 4.78 is 28.9. The van der Waals surface area contributed by atoms with Crippen LogP contribution in [0.2, 0.25) is 0 Å². The first-order valence-corrected chi connectivity index (χ1v) is 8.51. The van der Waals surface area contributed by atoms with E-state index in [1.165, 1.54) is 51.7 Å². The van der Waals surface area contributed by atoms with Gasteiger partial charge in [0, 0.05) is 23.5 Å². The summed E-state index contributed by atoms with van der Waals surface area (Å²) in [7, 11) is 4.57. The normalized spacial score (nSPS) is 10.2. The van der Waals surface area contributed by atoms with Gasteiger partial charge < -0.3 is 24.8 Å². The van der Waals surface area contributed by atoms with E-state index in [9.17, 15) is 9.18 Å². The van der Waals surface area contributed by atoms with E-state index in [1.54, 1.807) is 18.2 Å². The van der Waals surface area contributed by atoms with Crippen LogP contribution in [0.1, 0.15) is 10.5 Å². The number of hydrogen-bond donors (Lipinski definition) is 2. The van der Waals surface area contributed by atoms with E-state index in [-0.39, 0.29) is 11.5 Å². The maximum atomic E-state index is 12.9. The lowest BCUT2D eigenvalue weighted by Gasteiger charge is -2.14. The number of carbonyl (C=O) groups is 1. The third-order valence-electron chi connectivity index (χ3n) is 3.94. The Hall–Kier alpha value is -3.88. The summed E-state index contributed by atoms with van der Waals surface area (Å²) in [6, 6.07) is 12.0. The number of nitrogens with one attached hydrogen (secondary N) is 2. The van der Waals surface area contributed by atoms with Crippen molar-refractivity contribution in [2.45, 2.75) is 0 Å². The second-order valence-electron chi connectivity index (χ2n) is 5.80. The van der Waals surface area contributed by atoms with Gasteiger partial charge >= 0.3 is 0 Å². The predicted octanol–water partition coefficient (Wildman–Crippen LogP) is 3.64. The van der Waals surface area contributed by atoms with Crippen LogP contribution in [0, 0.1) is 5.82 Å². The van der Waals surface area contributed by atoms with Gasteiger partial charge in [0.25, 0.3) is 5.91 Å². The molecule has 0 aliphatic rings. The fraction of sp³-hybridized carbons (Fsp3) is 0.150. The molecule has 1 heterocycles. The second-order valence-corrected chi connectivity index (χ2v) is 5.80. The summed E-state index contributed by atoms with van der Waals surface area (Å²) in [5.41, 5.74) is 1.21. The van der Waals surface area contributed by atoms with Gasteiger partial charge in [-0.25, -0.2) is 4.39 Å². The standard InChI is InChI=1S/C20H19FN4O4/c1-27-16-10-14(11-17(28-2)19(16)29-3)22-18-9-8-15(24-25-18)20(26)23-13-6-4-12(21)5-7-13/h4-11H,1-3H3,(H,22,25)(H,23,26). The summed E-state index contributed by atoms with van der Waals surface area (Å²) in [6.07, 6.45) is 0. The average Bonchev–Trinajstić information content (AvgIpc) is 2.75. The number of carbonyl (C=O) groups excluding carboxylic acids is 1. The van der Waals surface area contributed by atoms with Crippen molar-refractivity contribution in [2.24, 2.45) is 0 Å². The van der Waals surface area contributed by atoms with E-state index in [0.717, 1.165) is 0 Å². The van der Waals surface area contributed by atoms with Gasteiger partial charge in [-0.2, -0.15) is 0 Å². The monoisotopic (exact) mass is 398 g/mol. The molecule has 1 amide bonds. The molecule has 2 N–H and O–H groups in total. The van der Waals surface area contributed by atoms with Crippen molar-refractivity contribution < 1.29 is 23.4 Å². The third-order valence-corrected chi connectivity index (χ3v) is 3.94. The molecule has 0 fully saturated rings. The van der Waals surface area contributed by atoms with Crippen LogP contribution in [0.25, 0.3) is 0 Å². The van der Waals surface area contributed by atoms with E-state index in [1.807, 2.05) is 0 Å². The van der Waals surface area contributed by atoms with Gasteiger partial charge in [-0.1, -0.05) is 0 Å². The molecule has 1 aromatic heterocycles. The maximum Gasteiger partial charge on any atom is 0.276 e. The van der Waals surface area contributed by atoms with Crippen molar-refractivity contribution >= 4 is 23.1 Å². The number of rotatable bonds is 7. The van der Waals surface area contributed by atoms with Gasteiger partial charge in [-0.15, -0.1) is 10.2 Å². The minimum Gasteiger partial charge on any atom is -0.493 e. The summed E-state index contributed by atoms with van der Waals surface area (Å²) >= 11 is 0. The zero-order valence-electron chi connectivity index (χ0n) is 16.0. The molecule has 0 aliphatic heterocycles. The minimum absolute atomic E-state index is 0.116. The highest BCUT2D eigenvalue weighted by molar-refractivity contribution is 6.02. The number of halogens is 1. The quantitative estimate of drug-likeness (QED) is 0.627. The van der Waals surface area contributed by atoms with E-state index >= 15 is 0 Å². The Bertz CT molecular complexity index is 969. The van der Waals surface area contributed by atoms with E-state index in [0.29, 0.717) is 34.4 Å². The Morgan fingerprint density at radius 2 is 1.52 bits per heavy atom. The lowest BCUT2D eigenvalue weighted by atomic mass is 10.2. The highest BCUT2D eigenvalue weighted by Gasteiger charge is 2.14. The predicted molar refractivity (Wildman–Crippen MR) is 106 cm³/mol. The third kappa shape index (κ3) is 4.70. The molecule has 3 aromatic rings. The van der Waals surface area contributed by atoms with Crippen LogP contribution >= 0.6 is 0 Å². The number of methoxy groups -OCH3 is 3. The molecule has 8 nitrogen and oxygen atoms in total. The molecule has 0 radical (unpaired) electrons. The van der Waals surface area contributed by atoms with Gasteiger partial charge in [-0.05, 0) is 36.4 Å². The number of ether oxygens (including phenoxy) is 3. The molecular weight excluding hydrogens is 379 g/mol. The largest absolute Gasteiger partial charge is 0.493 e. The number of hydrogen-bond acceptors (Lipinski definition) is 7. The molecule has 0 saturated heterocycles. The van der Waals surface area contributed by atoms with Crippen LogP contribution in [-0.4, -0.2) is 37.4 Å².